The third-order valence-electron chi connectivity index (χ3n) is 9.83. The quantitative estimate of drug-likeness (QED) is 0.133. The third kappa shape index (κ3) is 5.49. The van der Waals surface area contributed by atoms with Crippen LogP contribution in [-0.4, -0.2) is 50.9 Å². The number of anilines is 1. The van der Waals surface area contributed by atoms with Crippen LogP contribution in [0.5, 0.6) is 5.88 Å². The Morgan fingerprint density at radius 3 is 2.67 bits per heavy atom. The molecule has 1 atom stereocenters. The molecule has 3 saturated carbocycles. The number of hydrogen-bond donors (Lipinski definition) is 3. The number of ether oxygens (including phenoxy) is 1. The van der Waals surface area contributed by atoms with Crippen LogP contribution in [0.4, 0.5) is 5.82 Å². The minimum Gasteiger partial charge on any atom is -0.476 e. The molecular formula is C31H38ClN7O2S. The molecule has 3 aromatic rings. The predicted octanol–water partition coefficient (Wildman–Crippen LogP) is 5.90. The molecule has 1 aliphatic heterocycles. The van der Waals surface area contributed by atoms with Gasteiger partial charge in [0.2, 0.25) is 5.88 Å². The molecule has 222 valence electrons. The van der Waals surface area contributed by atoms with Crippen molar-refractivity contribution in [3.05, 3.63) is 53.3 Å². The minimum atomic E-state index is -0.339. The zero-order valence-electron chi connectivity index (χ0n) is 24.2. The van der Waals surface area contributed by atoms with Gasteiger partial charge in [-0.2, -0.15) is 0 Å². The van der Waals surface area contributed by atoms with Gasteiger partial charge in [0.25, 0.3) is 5.91 Å². The van der Waals surface area contributed by atoms with E-state index >= 15 is 0 Å². The lowest BCUT2D eigenvalue weighted by atomic mass is 9.94. The second kappa shape index (κ2) is 10.7. The lowest BCUT2D eigenvalue weighted by molar-refractivity contribution is 0.0984. The summed E-state index contributed by atoms with van der Waals surface area (Å²) in [6.45, 7) is 7.24. The molecule has 4 heterocycles. The number of nitrogens with one attached hydrogen (secondary N) is 3. The van der Waals surface area contributed by atoms with Gasteiger partial charge in [-0.15, -0.1) is 5.10 Å². The highest BCUT2D eigenvalue weighted by Gasteiger charge is 2.86. The van der Waals surface area contributed by atoms with E-state index < -0.39 is 0 Å². The van der Waals surface area contributed by atoms with Crippen LogP contribution in [0.25, 0.3) is 5.82 Å². The van der Waals surface area contributed by atoms with E-state index in [0.717, 1.165) is 49.8 Å². The first kappa shape index (κ1) is 28.0. The van der Waals surface area contributed by atoms with Gasteiger partial charge in [-0.05, 0) is 106 Å². The second-order valence-electron chi connectivity index (χ2n) is 13.1. The van der Waals surface area contributed by atoms with Gasteiger partial charge in [-0.3, -0.25) is 9.52 Å². The van der Waals surface area contributed by atoms with Crippen molar-refractivity contribution in [1.82, 2.24) is 29.8 Å². The Balaban J connectivity index is 0.878. The zero-order chi connectivity index (χ0) is 29.0. The van der Waals surface area contributed by atoms with Crippen LogP contribution in [-0.2, 0) is 0 Å². The molecule has 4 aliphatic rings. The summed E-state index contributed by atoms with van der Waals surface area (Å²) in [5.41, 5.74) is 1.76. The molecule has 0 radical (unpaired) electrons. The average molecular weight is 608 g/mol. The van der Waals surface area contributed by atoms with Crippen LogP contribution in [0, 0.1) is 22.7 Å². The molecule has 1 saturated heterocycles. The van der Waals surface area contributed by atoms with Gasteiger partial charge < -0.3 is 15.4 Å². The number of nitrogens with zero attached hydrogens (tertiary/aromatic N) is 4. The van der Waals surface area contributed by atoms with Gasteiger partial charge in [-0.1, -0.05) is 17.7 Å². The summed E-state index contributed by atoms with van der Waals surface area (Å²) in [5, 5.41) is 12.3. The standard InChI is InChI=1S/C31H38ClN7O2S/c1-29(2)17-20(18-34-29)5-4-15-33-23-6-3-7-26(35-23)42-38-28(40)21-8-9-24(36-27(21)32)39-16-10-25(37-39)41-19-22-30(11-12-30)31(22)13-14-31/h3,6-10,16,20,22,34H,4-5,11-15,17-19H2,1-2H3,(H,33,35)(H,38,40). The van der Waals surface area contributed by atoms with Crippen molar-refractivity contribution in [2.75, 3.05) is 25.0 Å². The fourth-order valence-corrected chi connectivity index (χ4v) is 8.18. The van der Waals surface area contributed by atoms with Crippen molar-refractivity contribution in [2.24, 2.45) is 22.7 Å². The number of carbonyl (C=O) groups is 1. The number of halogens is 1. The number of carbonyl (C=O) groups excluding carboxylic acids is 1. The molecule has 1 unspecified atom stereocenters. The maximum Gasteiger partial charge on any atom is 0.264 e. The normalized spacial score (nSPS) is 22.3. The van der Waals surface area contributed by atoms with Crippen molar-refractivity contribution >= 4 is 35.3 Å². The van der Waals surface area contributed by atoms with Crippen molar-refractivity contribution < 1.29 is 9.53 Å². The van der Waals surface area contributed by atoms with Gasteiger partial charge >= 0.3 is 0 Å². The van der Waals surface area contributed by atoms with Crippen LogP contribution in [0.3, 0.4) is 0 Å². The van der Waals surface area contributed by atoms with E-state index in [2.05, 4.69) is 44.3 Å². The highest BCUT2D eigenvalue weighted by Crippen LogP contribution is 2.92. The average Bonchev–Trinajstić information content (AvgIpc) is 3.92. The first-order chi connectivity index (χ1) is 20.3. The van der Waals surface area contributed by atoms with Crippen LogP contribution in [0.2, 0.25) is 5.15 Å². The summed E-state index contributed by atoms with van der Waals surface area (Å²) < 4.78 is 10.5. The Labute approximate surface area is 256 Å². The number of fused-ring (bicyclic) bond motifs is 1. The second-order valence-corrected chi connectivity index (χ2v) is 14.3. The van der Waals surface area contributed by atoms with Gasteiger partial charge in [-0.25, -0.2) is 14.6 Å². The van der Waals surface area contributed by atoms with Gasteiger partial charge in [0, 0.05) is 42.2 Å². The molecule has 9 nitrogen and oxygen atoms in total. The highest BCUT2D eigenvalue weighted by atomic mass is 35.5. The number of hydrogen-bond acceptors (Lipinski definition) is 8. The molecule has 0 bridgehead atoms. The zero-order valence-corrected chi connectivity index (χ0v) is 25.7. The van der Waals surface area contributed by atoms with E-state index in [1.807, 2.05) is 24.3 Å². The van der Waals surface area contributed by atoms with E-state index in [0.29, 0.717) is 33.5 Å². The lowest BCUT2D eigenvalue weighted by Gasteiger charge is -2.17. The van der Waals surface area contributed by atoms with E-state index in [-0.39, 0.29) is 22.2 Å². The SMILES string of the molecule is CC1(C)CC(CCCNc2cccc(SNC(=O)c3ccc(-n4ccc(OCC5C6(CC6)C56CC6)n4)nc3Cl)n2)CN1. The molecule has 1 amide bonds. The number of pyridine rings is 2. The lowest BCUT2D eigenvalue weighted by Crippen LogP contribution is -2.31. The van der Waals surface area contributed by atoms with Crippen LogP contribution >= 0.6 is 23.5 Å². The Hall–Kier alpha value is -2.82. The molecule has 2 spiro atoms. The molecular weight excluding hydrogens is 570 g/mol. The topological polar surface area (TPSA) is 106 Å². The summed E-state index contributed by atoms with van der Waals surface area (Å²) >= 11 is 7.58. The van der Waals surface area contributed by atoms with Crippen molar-refractivity contribution in [3.63, 3.8) is 0 Å². The monoisotopic (exact) mass is 607 g/mol. The van der Waals surface area contributed by atoms with Crippen LogP contribution in [0.1, 0.15) is 69.2 Å². The Kier molecular flexibility index (Phi) is 7.14. The first-order valence-electron chi connectivity index (χ1n) is 15.1. The Morgan fingerprint density at radius 2 is 1.95 bits per heavy atom. The highest BCUT2D eigenvalue weighted by molar-refractivity contribution is 7.97. The van der Waals surface area contributed by atoms with Crippen molar-refractivity contribution in [1.29, 1.82) is 0 Å². The summed E-state index contributed by atoms with van der Waals surface area (Å²) in [5.74, 6) is 3.00. The van der Waals surface area contributed by atoms with E-state index in [9.17, 15) is 4.79 Å². The molecule has 11 heteroatoms. The van der Waals surface area contributed by atoms with Crippen molar-refractivity contribution in [2.45, 2.75) is 69.4 Å². The third-order valence-corrected chi connectivity index (χ3v) is 10.8. The maximum absolute atomic E-state index is 12.9. The number of rotatable bonds is 12. The molecule has 4 fully saturated rings. The summed E-state index contributed by atoms with van der Waals surface area (Å²) in [6.07, 6.45) is 10.8. The first-order valence-corrected chi connectivity index (χ1v) is 16.3. The molecule has 3 N–H and O–H groups in total. The van der Waals surface area contributed by atoms with Gasteiger partial charge in [0.1, 0.15) is 16.0 Å². The van der Waals surface area contributed by atoms with Gasteiger partial charge in [0.15, 0.2) is 5.82 Å². The van der Waals surface area contributed by atoms with Gasteiger partial charge in [0.05, 0.1) is 12.2 Å². The van der Waals surface area contributed by atoms with E-state index in [1.54, 1.807) is 23.0 Å². The van der Waals surface area contributed by atoms with Crippen LogP contribution < -0.4 is 20.1 Å². The van der Waals surface area contributed by atoms with E-state index in [4.69, 9.17) is 16.3 Å². The van der Waals surface area contributed by atoms with E-state index in [1.165, 1.54) is 38.5 Å². The number of aromatic nitrogens is 4. The number of amides is 1. The Bertz CT molecular complexity index is 1470. The van der Waals surface area contributed by atoms with Crippen molar-refractivity contribution in [3.8, 4) is 11.7 Å². The smallest absolute Gasteiger partial charge is 0.264 e. The maximum atomic E-state index is 12.9. The minimum absolute atomic E-state index is 0.108. The molecule has 7 rings (SSSR count). The fourth-order valence-electron chi connectivity index (χ4n) is 7.35. The van der Waals surface area contributed by atoms with Crippen LogP contribution in [0.15, 0.2) is 47.6 Å². The summed E-state index contributed by atoms with van der Waals surface area (Å²) in [7, 11) is 0. The fraction of sp³-hybridized carbons (Fsp3) is 0.548. The predicted molar refractivity (Wildman–Crippen MR) is 164 cm³/mol. The molecule has 3 aromatic heterocycles. The summed E-state index contributed by atoms with van der Waals surface area (Å²) in [6, 6.07) is 11.0. The largest absolute Gasteiger partial charge is 0.476 e. The molecule has 3 aliphatic carbocycles. The molecule has 0 aromatic carbocycles. The molecule has 42 heavy (non-hydrogen) atoms. The summed E-state index contributed by atoms with van der Waals surface area (Å²) in [4.78, 5) is 21.9. The Morgan fingerprint density at radius 1 is 1.14 bits per heavy atom.